The first-order valence-corrected chi connectivity index (χ1v) is 7.35. The van der Waals surface area contributed by atoms with E-state index in [1.54, 1.807) is 31.3 Å². The summed E-state index contributed by atoms with van der Waals surface area (Å²) in [6.45, 7) is -0.423. The van der Waals surface area contributed by atoms with Crippen molar-refractivity contribution in [2.45, 2.75) is 32.0 Å². The van der Waals surface area contributed by atoms with Gasteiger partial charge in [0, 0.05) is 18.3 Å². The third-order valence-corrected chi connectivity index (χ3v) is 4.05. The molecule has 4 nitrogen and oxygen atoms in total. The number of anilines is 1. The molecule has 0 radical (unpaired) electrons. The fourth-order valence-corrected chi connectivity index (χ4v) is 2.91. The van der Waals surface area contributed by atoms with E-state index in [0.29, 0.717) is 30.6 Å². The summed E-state index contributed by atoms with van der Waals surface area (Å²) >= 11 is 0. The molecule has 0 spiro atoms. The van der Waals surface area contributed by atoms with Crippen molar-refractivity contribution < 1.29 is 18.0 Å². The Morgan fingerprint density at radius 3 is 2.61 bits per heavy atom. The van der Waals surface area contributed by atoms with Gasteiger partial charge in [-0.15, -0.1) is 0 Å². The highest BCUT2D eigenvalue weighted by Crippen LogP contribution is 2.37. The van der Waals surface area contributed by atoms with Crippen molar-refractivity contribution in [1.29, 1.82) is 0 Å². The van der Waals surface area contributed by atoms with Crippen LogP contribution in [0.25, 0.3) is 0 Å². The molecule has 0 saturated heterocycles. The number of likely N-dealkylation sites (N-methyl/N-ethyl adjacent to an activating group) is 1. The van der Waals surface area contributed by atoms with Crippen LogP contribution in [0.4, 0.5) is 18.9 Å². The maximum Gasteiger partial charge on any atom is 0.433 e. The number of aromatic nitrogens is 2. The molecule has 0 fully saturated rings. The molecule has 1 aromatic heterocycles. The van der Waals surface area contributed by atoms with Gasteiger partial charge in [0.15, 0.2) is 0 Å². The molecular formula is C16H16F3N3O. The van der Waals surface area contributed by atoms with Crippen LogP contribution in [0.15, 0.2) is 30.3 Å². The lowest BCUT2D eigenvalue weighted by molar-refractivity contribution is -0.145. The first-order valence-electron chi connectivity index (χ1n) is 7.35. The van der Waals surface area contributed by atoms with E-state index in [1.807, 2.05) is 6.07 Å². The highest BCUT2D eigenvalue weighted by atomic mass is 19.4. The minimum Gasteiger partial charge on any atom is -0.314 e. The van der Waals surface area contributed by atoms with Gasteiger partial charge in [-0.25, -0.2) is 0 Å². The third kappa shape index (κ3) is 2.95. The van der Waals surface area contributed by atoms with Crippen LogP contribution in [-0.2, 0) is 30.4 Å². The smallest absolute Gasteiger partial charge is 0.314 e. The molecule has 2 aromatic rings. The maximum absolute atomic E-state index is 13.3. The van der Waals surface area contributed by atoms with E-state index in [-0.39, 0.29) is 5.56 Å². The lowest BCUT2D eigenvalue weighted by Gasteiger charge is -2.19. The van der Waals surface area contributed by atoms with Gasteiger partial charge >= 0.3 is 6.18 Å². The minimum atomic E-state index is -4.50. The normalized spacial score (nSPS) is 13.9. The minimum absolute atomic E-state index is 0.243. The fraction of sp³-hybridized carbons (Fsp3) is 0.375. The molecule has 0 N–H and O–H groups in total. The summed E-state index contributed by atoms with van der Waals surface area (Å²) < 4.78 is 40.8. The van der Waals surface area contributed by atoms with Crippen molar-refractivity contribution in [3.05, 3.63) is 47.3 Å². The topological polar surface area (TPSA) is 38.1 Å². The van der Waals surface area contributed by atoms with Gasteiger partial charge in [-0.1, -0.05) is 18.2 Å². The molecule has 122 valence electrons. The number of para-hydroxylation sites is 1. The van der Waals surface area contributed by atoms with Crippen LogP contribution in [0.3, 0.4) is 0 Å². The molecule has 1 aliphatic rings. The van der Waals surface area contributed by atoms with E-state index in [4.69, 9.17) is 0 Å². The Bertz CT molecular complexity index is 722. The predicted molar refractivity (Wildman–Crippen MR) is 79.1 cm³/mol. The fourth-order valence-electron chi connectivity index (χ4n) is 2.91. The maximum atomic E-state index is 13.3. The molecule has 0 saturated carbocycles. The molecule has 0 atom stereocenters. The zero-order chi connectivity index (χ0) is 16.6. The molecule has 23 heavy (non-hydrogen) atoms. The molecule has 1 heterocycles. The Labute approximate surface area is 131 Å². The monoisotopic (exact) mass is 323 g/mol. The van der Waals surface area contributed by atoms with Gasteiger partial charge in [0.25, 0.3) is 0 Å². The number of hydrogen-bond acceptors (Lipinski definition) is 2. The van der Waals surface area contributed by atoms with Crippen LogP contribution >= 0.6 is 0 Å². The molecule has 1 aromatic carbocycles. The van der Waals surface area contributed by atoms with Gasteiger partial charge in [0.1, 0.15) is 12.2 Å². The van der Waals surface area contributed by atoms with Crippen molar-refractivity contribution in [3.63, 3.8) is 0 Å². The van der Waals surface area contributed by atoms with Gasteiger partial charge in [-0.05, 0) is 31.4 Å². The second kappa shape index (κ2) is 5.72. The van der Waals surface area contributed by atoms with Gasteiger partial charge in [-0.2, -0.15) is 18.3 Å². The van der Waals surface area contributed by atoms with Crippen molar-refractivity contribution in [3.8, 4) is 0 Å². The molecule has 1 amide bonds. The van der Waals surface area contributed by atoms with Crippen LogP contribution in [0.5, 0.6) is 0 Å². The second-order valence-corrected chi connectivity index (χ2v) is 5.57. The summed E-state index contributed by atoms with van der Waals surface area (Å²) in [6, 6.07) is 8.80. The van der Waals surface area contributed by atoms with E-state index in [2.05, 4.69) is 5.10 Å². The molecule has 3 rings (SSSR count). The molecule has 0 bridgehead atoms. The Morgan fingerprint density at radius 1 is 1.26 bits per heavy atom. The molecule has 0 aliphatic heterocycles. The number of benzene rings is 1. The largest absolute Gasteiger partial charge is 0.433 e. The van der Waals surface area contributed by atoms with Crippen LogP contribution in [0, 0.1) is 0 Å². The van der Waals surface area contributed by atoms with Crippen LogP contribution in [0.1, 0.15) is 23.4 Å². The lowest BCUT2D eigenvalue weighted by atomic mass is 10.2. The first-order chi connectivity index (χ1) is 10.9. The quantitative estimate of drug-likeness (QED) is 0.871. The lowest BCUT2D eigenvalue weighted by Crippen LogP contribution is -2.32. The number of alkyl halides is 3. The first kappa shape index (κ1) is 15.6. The predicted octanol–water partition coefficient (Wildman–Crippen LogP) is 3.05. The SMILES string of the molecule is CN(C(=O)Cn1nc2c(c1C(F)(F)F)CCC2)c1ccccc1. The van der Waals surface area contributed by atoms with Crippen molar-refractivity contribution in [2.75, 3.05) is 11.9 Å². The Balaban J connectivity index is 1.87. The van der Waals surface area contributed by atoms with Gasteiger partial charge < -0.3 is 4.90 Å². The van der Waals surface area contributed by atoms with Crippen molar-refractivity contribution in [2.24, 2.45) is 0 Å². The average Bonchev–Trinajstić information content (AvgIpc) is 3.06. The Hall–Kier alpha value is -2.31. The standard InChI is InChI=1S/C16H16F3N3O/c1-21(11-6-3-2-4-7-11)14(23)10-22-15(16(17,18)19)12-8-5-9-13(12)20-22/h2-4,6-7H,5,8-10H2,1H3. The number of hydrogen-bond donors (Lipinski definition) is 0. The summed E-state index contributed by atoms with van der Waals surface area (Å²) in [6.07, 6.45) is -2.92. The summed E-state index contributed by atoms with van der Waals surface area (Å²) in [7, 11) is 1.54. The molecular weight excluding hydrogens is 307 g/mol. The number of nitrogens with zero attached hydrogens (tertiary/aromatic N) is 3. The van der Waals surface area contributed by atoms with E-state index >= 15 is 0 Å². The summed E-state index contributed by atoms with van der Waals surface area (Å²) in [5, 5.41) is 4.02. The number of rotatable bonds is 3. The highest BCUT2D eigenvalue weighted by Gasteiger charge is 2.41. The summed E-state index contributed by atoms with van der Waals surface area (Å²) in [5.41, 5.74) is 0.561. The second-order valence-electron chi connectivity index (χ2n) is 5.57. The zero-order valence-corrected chi connectivity index (χ0v) is 12.6. The Kier molecular flexibility index (Phi) is 3.87. The number of fused-ring (bicyclic) bond motifs is 1. The summed E-state index contributed by atoms with van der Waals surface area (Å²) in [5.74, 6) is -0.442. The average molecular weight is 323 g/mol. The number of aryl methyl sites for hydroxylation is 1. The van der Waals surface area contributed by atoms with Crippen LogP contribution in [0.2, 0.25) is 0 Å². The third-order valence-electron chi connectivity index (χ3n) is 4.05. The number of amides is 1. The highest BCUT2D eigenvalue weighted by molar-refractivity contribution is 5.92. The van der Waals surface area contributed by atoms with Crippen LogP contribution < -0.4 is 4.90 Å². The number of carbonyl (C=O) groups excluding carboxylic acids is 1. The van der Waals surface area contributed by atoms with E-state index < -0.39 is 24.3 Å². The van der Waals surface area contributed by atoms with Gasteiger partial charge in [-0.3, -0.25) is 9.48 Å². The summed E-state index contributed by atoms with van der Waals surface area (Å²) in [4.78, 5) is 13.7. The molecule has 7 heteroatoms. The van der Waals surface area contributed by atoms with E-state index in [0.717, 1.165) is 4.68 Å². The molecule has 1 aliphatic carbocycles. The van der Waals surface area contributed by atoms with Crippen LogP contribution in [-0.4, -0.2) is 22.7 Å². The van der Waals surface area contributed by atoms with Gasteiger partial charge in [0.05, 0.1) is 5.69 Å². The Morgan fingerprint density at radius 2 is 1.96 bits per heavy atom. The van der Waals surface area contributed by atoms with Crippen molar-refractivity contribution >= 4 is 11.6 Å². The van der Waals surface area contributed by atoms with E-state index in [9.17, 15) is 18.0 Å². The number of halogens is 3. The van der Waals surface area contributed by atoms with E-state index in [1.165, 1.54) is 4.90 Å². The van der Waals surface area contributed by atoms with Gasteiger partial charge in [0.2, 0.25) is 5.91 Å². The molecule has 0 unspecified atom stereocenters. The zero-order valence-electron chi connectivity index (χ0n) is 12.6. The van der Waals surface area contributed by atoms with Crippen molar-refractivity contribution in [1.82, 2.24) is 9.78 Å². The number of carbonyl (C=O) groups is 1.